The molecule has 0 saturated heterocycles. The number of ether oxygens (including phenoxy) is 1. The van der Waals surface area contributed by atoms with E-state index in [1.54, 1.807) is 6.92 Å². The summed E-state index contributed by atoms with van der Waals surface area (Å²) in [6.45, 7) is 2.14. The Bertz CT molecular complexity index is 776. The Hall–Kier alpha value is -1.58. The maximum Gasteiger partial charge on any atom is 0.349 e. The van der Waals surface area contributed by atoms with Crippen LogP contribution >= 0.6 is 22.9 Å². The molecule has 3 rings (SSSR count). The second-order valence-corrected chi connectivity index (χ2v) is 5.56. The lowest BCUT2D eigenvalue weighted by molar-refractivity contribution is 0.0532. The number of thiophene rings is 1. The van der Waals surface area contributed by atoms with Crippen molar-refractivity contribution in [2.24, 2.45) is 0 Å². The Morgan fingerprint density at radius 3 is 2.84 bits per heavy atom. The Balaban J connectivity index is 2.32. The third-order valence-electron chi connectivity index (χ3n) is 2.98. The van der Waals surface area contributed by atoms with Crippen LogP contribution in [0.5, 0.6) is 0 Å². The topological polar surface area (TPSA) is 26.3 Å². The van der Waals surface area contributed by atoms with Crippen LogP contribution in [0.1, 0.15) is 16.6 Å². The molecule has 0 atom stereocenters. The van der Waals surface area contributed by atoms with Gasteiger partial charge in [-0.2, -0.15) is 0 Å². The first-order valence-corrected chi connectivity index (χ1v) is 7.18. The van der Waals surface area contributed by atoms with Crippen molar-refractivity contribution >= 4 is 49.8 Å². The average molecular weight is 291 g/mol. The molecular formula is C15H11ClO2S. The minimum absolute atomic E-state index is 0.349. The zero-order chi connectivity index (χ0) is 13.4. The van der Waals surface area contributed by atoms with Crippen molar-refractivity contribution in [3.63, 3.8) is 0 Å². The number of rotatable bonds is 2. The molecule has 0 unspecified atom stereocenters. The van der Waals surface area contributed by atoms with E-state index in [1.165, 1.54) is 11.3 Å². The van der Waals surface area contributed by atoms with Crippen LogP contribution in [0.3, 0.4) is 0 Å². The van der Waals surface area contributed by atoms with Gasteiger partial charge in [-0.1, -0.05) is 41.9 Å². The third-order valence-corrected chi connectivity index (χ3v) is 4.61. The quantitative estimate of drug-likeness (QED) is 0.629. The molecule has 0 radical (unpaired) electrons. The molecule has 96 valence electrons. The standard InChI is InChI=1S/C15H11ClO2S/c1-2-18-15(17)14-13(16)12-10-6-4-3-5-9(10)7-8-11(12)19-14/h3-8H,2H2,1H3. The highest BCUT2D eigenvalue weighted by molar-refractivity contribution is 7.21. The highest BCUT2D eigenvalue weighted by Gasteiger charge is 2.19. The monoisotopic (exact) mass is 290 g/mol. The Morgan fingerprint density at radius 1 is 1.26 bits per heavy atom. The molecule has 2 nitrogen and oxygen atoms in total. The normalized spacial score (nSPS) is 11.1. The van der Waals surface area contributed by atoms with Crippen LogP contribution in [0.2, 0.25) is 5.02 Å². The fourth-order valence-corrected chi connectivity index (χ4v) is 3.62. The predicted molar refractivity (Wildman–Crippen MR) is 80.3 cm³/mol. The first-order chi connectivity index (χ1) is 9.22. The van der Waals surface area contributed by atoms with Gasteiger partial charge in [-0.3, -0.25) is 0 Å². The summed E-state index contributed by atoms with van der Waals surface area (Å²) in [4.78, 5) is 12.4. The predicted octanol–water partition coefficient (Wildman–Crippen LogP) is 4.88. The highest BCUT2D eigenvalue weighted by Crippen LogP contribution is 2.39. The summed E-state index contributed by atoms with van der Waals surface area (Å²) < 4.78 is 6.04. The third kappa shape index (κ3) is 1.99. The van der Waals surface area contributed by atoms with E-state index >= 15 is 0 Å². The van der Waals surface area contributed by atoms with E-state index in [9.17, 15) is 4.79 Å². The van der Waals surface area contributed by atoms with Crippen LogP contribution in [0, 0.1) is 0 Å². The molecule has 0 N–H and O–H groups in total. The average Bonchev–Trinajstić information content (AvgIpc) is 2.77. The molecule has 0 aliphatic rings. The van der Waals surface area contributed by atoms with Gasteiger partial charge < -0.3 is 4.74 Å². The van der Waals surface area contributed by atoms with E-state index in [4.69, 9.17) is 16.3 Å². The Kier molecular flexibility index (Phi) is 3.17. The summed E-state index contributed by atoms with van der Waals surface area (Å²) in [7, 11) is 0. The Labute approximate surface area is 119 Å². The summed E-state index contributed by atoms with van der Waals surface area (Å²) >= 11 is 7.76. The SMILES string of the molecule is CCOC(=O)c1sc2ccc3ccccc3c2c1Cl. The number of carbonyl (C=O) groups is 1. The molecule has 3 aromatic rings. The molecule has 0 saturated carbocycles. The van der Waals surface area contributed by atoms with E-state index < -0.39 is 0 Å². The lowest BCUT2D eigenvalue weighted by Gasteiger charge is -2.00. The van der Waals surface area contributed by atoms with Crippen LogP contribution < -0.4 is 0 Å². The van der Waals surface area contributed by atoms with Gasteiger partial charge in [0, 0.05) is 10.1 Å². The molecule has 0 bridgehead atoms. The van der Waals surface area contributed by atoms with Crippen molar-refractivity contribution in [3.8, 4) is 0 Å². The van der Waals surface area contributed by atoms with E-state index in [2.05, 4.69) is 0 Å². The first kappa shape index (κ1) is 12.5. The minimum atomic E-state index is -0.349. The van der Waals surface area contributed by atoms with Crippen LogP contribution in [0.15, 0.2) is 36.4 Å². The molecule has 4 heteroatoms. The summed E-state index contributed by atoms with van der Waals surface area (Å²) in [5.41, 5.74) is 0. The molecule has 0 fully saturated rings. The van der Waals surface area contributed by atoms with Crippen LogP contribution in [0.4, 0.5) is 0 Å². The maximum absolute atomic E-state index is 11.9. The zero-order valence-electron chi connectivity index (χ0n) is 10.3. The van der Waals surface area contributed by atoms with Crippen molar-refractivity contribution < 1.29 is 9.53 Å². The smallest absolute Gasteiger partial charge is 0.349 e. The van der Waals surface area contributed by atoms with Crippen molar-refractivity contribution in [3.05, 3.63) is 46.3 Å². The number of halogens is 1. The molecule has 0 aliphatic carbocycles. The molecule has 0 aliphatic heterocycles. The minimum Gasteiger partial charge on any atom is -0.462 e. The number of esters is 1. The fraction of sp³-hybridized carbons (Fsp3) is 0.133. The van der Waals surface area contributed by atoms with E-state index in [-0.39, 0.29) is 5.97 Å². The number of hydrogen-bond donors (Lipinski definition) is 0. The van der Waals surface area contributed by atoms with E-state index in [1.807, 2.05) is 36.4 Å². The van der Waals surface area contributed by atoms with Gasteiger partial charge in [0.25, 0.3) is 0 Å². The number of benzene rings is 2. The van der Waals surface area contributed by atoms with Crippen LogP contribution in [-0.4, -0.2) is 12.6 Å². The van der Waals surface area contributed by atoms with Gasteiger partial charge in [0.2, 0.25) is 0 Å². The molecule has 19 heavy (non-hydrogen) atoms. The second kappa shape index (κ2) is 4.83. The van der Waals surface area contributed by atoms with Gasteiger partial charge in [0.15, 0.2) is 0 Å². The van der Waals surface area contributed by atoms with Gasteiger partial charge >= 0.3 is 5.97 Å². The molecule has 2 aromatic carbocycles. The van der Waals surface area contributed by atoms with E-state index in [0.29, 0.717) is 16.5 Å². The molecule has 0 spiro atoms. The van der Waals surface area contributed by atoms with Crippen LogP contribution in [0.25, 0.3) is 20.9 Å². The highest BCUT2D eigenvalue weighted by atomic mass is 35.5. The van der Waals surface area contributed by atoms with E-state index in [0.717, 1.165) is 20.9 Å². The lowest BCUT2D eigenvalue weighted by atomic mass is 10.1. The van der Waals surface area contributed by atoms with Gasteiger partial charge in [-0.25, -0.2) is 4.79 Å². The van der Waals surface area contributed by atoms with Crippen molar-refractivity contribution in [2.75, 3.05) is 6.61 Å². The molecule has 1 aromatic heterocycles. The van der Waals surface area contributed by atoms with Gasteiger partial charge in [0.1, 0.15) is 4.88 Å². The van der Waals surface area contributed by atoms with Gasteiger partial charge in [-0.05, 0) is 23.8 Å². The van der Waals surface area contributed by atoms with Crippen molar-refractivity contribution in [1.82, 2.24) is 0 Å². The van der Waals surface area contributed by atoms with Gasteiger partial charge in [0.05, 0.1) is 11.6 Å². The molecular weight excluding hydrogens is 280 g/mol. The molecule has 0 amide bonds. The number of carbonyl (C=O) groups excluding carboxylic acids is 1. The summed E-state index contributed by atoms with van der Waals surface area (Å²) in [6.07, 6.45) is 0. The Morgan fingerprint density at radius 2 is 2.05 bits per heavy atom. The molecule has 1 heterocycles. The summed E-state index contributed by atoms with van der Waals surface area (Å²) in [5, 5.41) is 3.62. The van der Waals surface area contributed by atoms with Gasteiger partial charge in [-0.15, -0.1) is 11.3 Å². The zero-order valence-corrected chi connectivity index (χ0v) is 11.8. The van der Waals surface area contributed by atoms with Crippen molar-refractivity contribution in [2.45, 2.75) is 6.92 Å². The van der Waals surface area contributed by atoms with Crippen molar-refractivity contribution in [1.29, 1.82) is 0 Å². The summed E-state index contributed by atoms with van der Waals surface area (Å²) in [6, 6.07) is 12.1. The maximum atomic E-state index is 11.9. The number of fused-ring (bicyclic) bond motifs is 3. The lowest BCUT2D eigenvalue weighted by Crippen LogP contribution is -2.02. The fourth-order valence-electron chi connectivity index (χ4n) is 2.16. The first-order valence-electron chi connectivity index (χ1n) is 5.99. The van der Waals surface area contributed by atoms with Crippen LogP contribution in [-0.2, 0) is 4.74 Å². The largest absolute Gasteiger partial charge is 0.462 e. The summed E-state index contributed by atoms with van der Waals surface area (Å²) in [5.74, 6) is -0.349. The number of hydrogen-bond acceptors (Lipinski definition) is 3. The second-order valence-electron chi connectivity index (χ2n) is 4.13.